The zero-order valence-electron chi connectivity index (χ0n) is 9.38. The van der Waals surface area contributed by atoms with Gasteiger partial charge in [-0.2, -0.15) is 5.10 Å². The summed E-state index contributed by atoms with van der Waals surface area (Å²) < 4.78 is 4.52. The van der Waals surface area contributed by atoms with Crippen molar-refractivity contribution in [3.05, 3.63) is 48.2 Å². The second kappa shape index (κ2) is 5.12. The molecule has 0 bridgehead atoms. The smallest absolute Gasteiger partial charge is 0.330 e. The Morgan fingerprint density at radius 3 is 2.65 bits per heavy atom. The predicted molar refractivity (Wildman–Crippen MR) is 65.1 cm³/mol. The summed E-state index contributed by atoms with van der Waals surface area (Å²) in [6.45, 7) is 0. The van der Waals surface area contributed by atoms with Crippen LogP contribution < -0.4 is 0 Å². The number of esters is 1. The van der Waals surface area contributed by atoms with E-state index in [0.29, 0.717) is 0 Å². The Balaban J connectivity index is 2.14. The minimum absolute atomic E-state index is 0.359. The highest BCUT2D eigenvalue weighted by atomic mass is 16.5. The van der Waals surface area contributed by atoms with E-state index < -0.39 is 0 Å². The van der Waals surface area contributed by atoms with Gasteiger partial charge in [-0.05, 0) is 23.3 Å². The molecular formula is C13H12N2O2. The van der Waals surface area contributed by atoms with Crippen LogP contribution in [-0.2, 0) is 9.53 Å². The van der Waals surface area contributed by atoms with E-state index in [2.05, 4.69) is 14.9 Å². The molecule has 0 fully saturated rings. The van der Waals surface area contributed by atoms with Crippen LogP contribution in [-0.4, -0.2) is 23.3 Å². The zero-order valence-corrected chi connectivity index (χ0v) is 9.38. The Bertz CT molecular complexity index is 513. The van der Waals surface area contributed by atoms with Crippen molar-refractivity contribution in [1.82, 2.24) is 10.2 Å². The molecule has 0 amide bonds. The Morgan fingerprint density at radius 2 is 2.06 bits per heavy atom. The Morgan fingerprint density at radius 1 is 1.29 bits per heavy atom. The van der Waals surface area contributed by atoms with E-state index in [1.807, 2.05) is 30.3 Å². The van der Waals surface area contributed by atoms with Crippen molar-refractivity contribution in [3.8, 4) is 11.3 Å². The summed E-state index contributed by atoms with van der Waals surface area (Å²) in [4.78, 5) is 10.9. The molecule has 0 aliphatic rings. The lowest BCUT2D eigenvalue weighted by Crippen LogP contribution is -1.93. The maximum Gasteiger partial charge on any atom is 0.330 e. The van der Waals surface area contributed by atoms with Crippen LogP contribution in [0.25, 0.3) is 17.3 Å². The number of rotatable bonds is 3. The third-order valence-corrected chi connectivity index (χ3v) is 2.34. The van der Waals surface area contributed by atoms with Gasteiger partial charge >= 0.3 is 5.97 Å². The highest BCUT2D eigenvalue weighted by molar-refractivity contribution is 5.87. The van der Waals surface area contributed by atoms with E-state index in [-0.39, 0.29) is 5.97 Å². The van der Waals surface area contributed by atoms with Crippen LogP contribution in [0.4, 0.5) is 0 Å². The molecule has 2 aromatic rings. The number of aromatic amines is 1. The molecule has 0 saturated heterocycles. The van der Waals surface area contributed by atoms with E-state index in [4.69, 9.17) is 0 Å². The van der Waals surface area contributed by atoms with Gasteiger partial charge in [-0.25, -0.2) is 4.79 Å². The van der Waals surface area contributed by atoms with E-state index in [9.17, 15) is 4.79 Å². The van der Waals surface area contributed by atoms with E-state index in [1.165, 1.54) is 13.2 Å². The van der Waals surface area contributed by atoms with Crippen molar-refractivity contribution >= 4 is 12.0 Å². The molecule has 4 heteroatoms. The number of ether oxygens (including phenoxy) is 1. The predicted octanol–water partition coefficient (Wildman–Crippen LogP) is 2.26. The van der Waals surface area contributed by atoms with E-state index in [0.717, 1.165) is 16.8 Å². The molecule has 1 aromatic carbocycles. The van der Waals surface area contributed by atoms with Gasteiger partial charge in [0.15, 0.2) is 0 Å². The number of benzene rings is 1. The molecule has 86 valence electrons. The van der Waals surface area contributed by atoms with Gasteiger partial charge in [-0.1, -0.05) is 24.3 Å². The Kier molecular flexibility index (Phi) is 3.35. The van der Waals surface area contributed by atoms with Crippen LogP contribution in [0.2, 0.25) is 0 Å². The first-order chi connectivity index (χ1) is 8.29. The third-order valence-electron chi connectivity index (χ3n) is 2.34. The van der Waals surface area contributed by atoms with Gasteiger partial charge in [0.1, 0.15) is 0 Å². The van der Waals surface area contributed by atoms with Gasteiger partial charge in [0, 0.05) is 12.3 Å². The molecule has 1 heterocycles. The molecule has 0 unspecified atom stereocenters. The maximum absolute atomic E-state index is 10.9. The van der Waals surface area contributed by atoms with Crippen LogP contribution in [0.5, 0.6) is 0 Å². The summed E-state index contributed by atoms with van der Waals surface area (Å²) in [7, 11) is 1.36. The van der Waals surface area contributed by atoms with Crippen LogP contribution in [0.15, 0.2) is 42.6 Å². The second-order valence-electron chi connectivity index (χ2n) is 3.45. The summed E-state index contributed by atoms with van der Waals surface area (Å²) in [5.41, 5.74) is 2.96. The number of aromatic nitrogens is 2. The summed E-state index contributed by atoms with van der Waals surface area (Å²) in [6, 6.07) is 9.68. The molecule has 1 N–H and O–H groups in total. The fourth-order valence-corrected chi connectivity index (χ4v) is 1.42. The normalized spacial score (nSPS) is 10.6. The number of hydrogen-bond acceptors (Lipinski definition) is 3. The maximum atomic E-state index is 10.9. The van der Waals surface area contributed by atoms with Crippen molar-refractivity contribution in [1.29, 1.82) is 0 Å². The number of methoxy groups -OCH3 is 1. The lowest BCUT2D eigenvalue weighted by molar-refractivity contribution is -0.134. The molecule has 0 aliphatic carbocycles. The fraction of sp³-hybridized carbons (Fsp3) is 0.0769. The van der Waals surface area contributed by atoms with Crippen molar-refractivity contribution in [3.63, 3.8) is 0 Å². The van der Waals surface area contributed by atoms with Crippen molar-refractivity contribution < 1.29 is 9.53 Å². The highest BCUT2D eigenvalue weighted by Crippen LogP contribution is 2.17. The molecule has 0 spiro atoms. The van der Waals surface area contributed by atoms with E-state index >= 15 is 0 Å². The first-order valence-electron chi connectivity index (χ1n) is 5.15. The lowest BCUT2D eigenvalue weighted by Gasteiger charge is -1.98. The van der Waals surface area contributed by atoms with E-state index in [1.54, 1.807) is 12.3 Å². The first kappa shape index (κ1) is 11.1. The van der Waals surface area contributed by atoms with Crippen molar-refractivity contribution in [2.45, 2.75) is 0 Å². The molecule has 0 saturated carbocycles. The topological polar surface area (TPSA) is 55.0 Å². The summed E-state index contributed by atoms with van der Waals surface area (Å²) in [5.74, 6) is -0.359. The SMILES string of the molecule is COC(=O)C=Cc1ccc(-c2ccn[nH]2)cc1. The van der Waals surface area contributed by atoms with Crippen LogP contribution >= 0.6 is 0 Å². The van der Waals surface area contributed by atoms with Gasteiger partial charge in [0.25, 0.3) is 0 Å². The monoisotopic (exact) mass is 228 g/mol. The number of H-pyrrole nitrogens is 1. The molecule has 1 aromatic heterocycles. The quantitative estimate of drug-likeness (QED) is 0.647. The molecule has 0 atom stereocenters. The highest BCUT2D eigenvalue weighted by Gasteiger charge is 1.98. The summed E-state index contributed by atoms with van der Waals surface area (Å²) in [6.07, 6.45) is 4.81. The number of nitrogens with zero attached hydrogens (tertiary/aromatic N) is 1. The summed E-state index contributed by atoms with van der Waals surface area (Å²) >= 11 is 0. The Hall–Kier alpha value is -2.36. The number of nitrogens with one attached hydrogen (secondary N) is 1. The standard InChI is InChI=1S/C13H12N2O2/c1-17-13(16)7-4-10-2-5-11(6-3-10)12-8-9-14-15-12/h2-9H,1H3,(H,14,15). The minimum atomic E-state index is -0.359. The second-order valence-corrected chi connectivity index (χ2v) is 3.45. The van der Waals surface area contributed by atoms with Crippen molar-refractivity contribution in [2.24, 2.45) is 0 Å². The molecular weight excluding hydrogens is 216 g/mol. The first-order valence-corrected chi connectivity index (χ1v) is 5.15. The van der Waals surface area contributed by atoms with Crippen molar-refractivity contribution in [2.75, 3.05) is 7.11 Å². The van der Waals surface area contributed by atoms with Gasteiger partial charge < -0.3 is 4.74 Å². The third kappa shape index (κ3) is 2.81. The fourth-order valence-electron chi connectivity index (χ4n) is 1.42. The van der Waals surface area contributed by atoms with Gasteiger partial charge in [-0.3, -0.25) is 5.10 Å². The average Bonchev–Trinajstić information content (AvgIpc) is 2.90. The van der Waals surface area contributed by atoms with Gasteiger partial charge in [0.2, 0.25) is 0 Å². The summed E-state index contributed by atoms with van der Waals surface area (Å²) in [5, 5.41) is 6.78. The average molecular weight is 228 g/mol. The largest absolute Gasteiger partial charge is 0.466 e. The minimum Gasteiger partial charge on any atom is -0.466 e. The van der Waals surface area contributed by atoms with Crippen LogP contribution in [0.1, 0.15) is 5.56 Å². The Labute approximate surface area is 98.9 Å². The molecule has 0 radical (unpaired) electrons. The molecule has 4 nitrogen and oxygen atoms in total. The molecule has 17 heavy (non-hydrogen) atoms. The molecule has 2 rings (SSSR count). The number of hydrogen-bond donors (Lipinski definition) is 1. The lowest BCUT2D eigenvalue weighted by atomic mass is 10.1. The van der Waals surface area contributed by atoms with Crippen LogP contribution in [0, 0.1) is 0 Å². The zero-order chi connectivity index (χ0) is 12.1. The van der Waals surface area contributed by atoms with Crippen LogP contribution in [0.3, 0.4) is 0 Å². The number of carbonyl (C=O) groups is 1. The van der Waals surface area contributed by atoms with Gasteiger partial charge in [0.05, 0.1) is 12.8 Å². The van der Waals surface area contributed by atoms with Gasteiger partial charge in [-0.15, -0.1) is 0 Å². The number of carbonyl (C=O) groups excluding carboxylic acids is 1. The molecule has 0 aliphatic heterocycles.